The lowest BCUT2D eigenvalue weighted by atomic mass is 10.1. The maximum Gasteiger partial charge on any atom is 0.231 e. The monoisotopic (exact) mass is 287 g/mol. The number of Topliss-reactive ketones (excluding diaryl/α,β-unsaturated/α-hetero) is 1. The van der Waals surface area contributed by atoms with Crippen LogP contribution < -0.4 is 14.8 Å². The zero-order valence-electron chi connectivity index (χ0n) is 11.3. The summed E-state index contributed by atoms with van der Waals surface area (Å²) >= 11 is 0. The molecule has 1 heterocycles. The summed E-state index contributed by atoms with van der Waals surface area (Å²) in [6, 6.07) is 11.2. The summed E-state index contributed by atoms with van der Waals surface area (Å²) in [4.78, 5) is 12.1. The summed E-state index contributed by atoms with van der Waals surface area (Å²) in [7, 11) is 0. The summed E-state index contributed by atoms with van der Waals surface area (Å²) in [6.45, 7) is 0.679. The molecule has 0 bridgehead atoms. The van der Waals surface area contributed by atoms with Crippen molar-refractivity contribution in [1.29, 1.82) is 0 Å². The second kappa shape index (κ2) is 5.83. The third-order valence-electron chi connectivity index (χ3n) is 3.22. The van der Waals surface area contributed by atoms with Crippen molar-refractivity contribution in [2.24, 2.45) is 0 Å². The van der Waals surface area contributed by atoms with E-state index in [1.807, 2.05) is 0 Å². The van der Waals surface area contributed by atoms with Gasteiger partial charge in [0.25, 0.3) is 0 Å². The van der Waals surface area contributed by atoms with Crippen molar-refractivity contribution in [1.82, 2.24) is 0 Å². The van der Waals surface area contributed by atoms with Gasteiger partial charge in [-0.15, -0.1) is 0 Å². The Labute approximate surface area is 121 Å². The number of hydrogen-bond acceptors (Lipinski definition) is 4. The van der Waals surface area contributed by atoms with E-state index >= 15 is 0 Å². The van der Waals surface area contributed by atoms with E-state index in [0.29, 0.717) is 30.0 Å². The number of carbonyl (C=O) groups is 1. The van der Waals surface area contributed by atoms with Crippen LogP contribution in [0.4, 0.5) is 10.1 Å². The second-order valence-electron chi connectivity index (χ2n) is 4.67. The normalized spacial score (nSPS) is 12.2. The predicted molar refractivity (Wildman–Crippen MR) is 76.4 cm³/mol. The van der Waals surface area contributed by atoms with Gasteiger partial charge in [-0.05, 0) is 42.5 Å². The average Bonchev–Trinajstić information content (AvgIpc) is 2.96. The van der Waals surface area contributed by atoms with Gasteiger partial charge >= 0.3 is 0 Å². The maximum atomic E-state index is 12.8. The fourth-order valence-corrected chi connectivity index (χ4v) is 2.10. The van der Waals surface area contributed by atoms with Crippen molar-refractivity contribution in [2.45, 2.75) is 6.42 Å². The minimum absolute atomic E-state index is 0.0166. The molecule has 0 saturated heterocycles. The Hall–Kier alpha value is -2.56. The Morgan fingerprint density at radius 1 is 1.10 bits per heavy atom. The fraction of sp³-hybridized carbons (Fsp3) is 0.188. The Bertz CT molecular complexity index is 655. The van der Waals surface area contributed by atoms with E-state index in [9.17, 15) is 9.18 Å². The number of fused-ring (bicyclic) bond motifs is 1. The molecule has 0 spiro atoms. The molecule has 2 aromatic carbocycles. The lowest BCUT2D eigenvalue weighted by Gasteiger charge is -2.06. The number of ketones is 1. The molecule has 1 aliphatic rings. The van der Waals surface area contributed by atoms with E-state index in [2.05, 4.69) is 5.32 Å². The predicted octanol–water partition coefficient (Wildman–Crippen LogP) is 3.24. The Kier molecular flexibility index (Phi) is 3.73. The van der Waals surface area contributed by atoms with Gasteiger partial charge in [-0.2, -0.15) is 0 Å². The van der Waals surface area contributed by atoms with E-state index in [0.717, 1.165) is 5.69 Å². The van der Waals surface area contributed by atoms with Gasteiger partial charge in [0.2, 0.25) is 6.79 Å². The Balaban J connectivity index is 1.55. The summed E-state index contributed by atoms with van der Waals surface area (Å²) in [6.07, 6.45) is 0.344. The second-order valence-corrected chi connectivity index (χ2v) is 4.67. The van der Waals surface area contributed by atoms with E-state index in [1.165, 1.54) is 12.1 Å². The molecule has 0 amide bonds. The molecule has 0 unspecified atom stereocenters. The lowest BCUT2D eigenvalue weighted by Crippen LogP contribution is -2.08. The van der Waals surface area contributed by atoms with Crippen molar-refractivity contribution in [3.05, 3.63) is 53.8 Å². The molecule has 5 heteroatoms. The molecule has 108 valence electrons. The standard InChI is InChI=1S/C16H14FNO3/c17-12-2-4-13(5-3-12)18-8-7-14(19)11-1-6-15-16(9-11)21-10-20-15/h1-6,9,18H,7-8,10H2. The number of benzene rings is 2. The third kappa shape index (κ3) is 3.13. The van der Waals surface area contributed by atoms with Crippen molar-refractivity contribution >= 4 is 11.5 Å². The molecular weight excluding hydrogens is 273 g/mol. The first kappa shape index (κ1) is 13.4. The first-order chi connectivity index (χ1) is 10.2. The molecule has 0 fully saturated rings. The molecular formula is C16H14FNO3. The van der Waals surface area contributed by atoms with Crippen LogP contribution in [-0.4, -0.2) is 19.1 Å². The quantitative estimate of drug-likeness (QED) is 0.858. The highest BCUT2D eigenvalue weighted by molar-refractivity contribution is 5.97. The Morgan fingerprint density at radius 3 is 2.67 bits per heavy atom. The fourth-order valence-electron chi connectivity index (χ4n) is 2.10. The molecule has 0 radical (unpaired) electrons. The van der Waals surface area contributed by atoms with E-state index in [-0.39, 0.29) is 18.4 Å². The molecule has 3 rings (SSSR count). The van der Waals surface area contributed by atoms with Gasteiger partial charge in [0.05, 0.1) is 0 Å². The summed E-state index contributed by atoms with van der Waals surface area (Å²) in [5, 5.41) is 3.08. The van der Waals surface area contributed by atoms with Crippen molar-refractivity contribution in [2.75, 3.05) is 18.7 Å². The van der Waals surface area contributed by atoms with Crippen molar-refractivity contribution in [3.63, 3.8) is 0 Å². The highest BCUT2D eigenvalue weighted by atomic mass is 19.1. The van der Waals surface area contributed by atoms with E-state index in [4.69, 9.17) is 9.47 Å². The average molecular weight is 287 g/mol. The Morgan fingerprint density at radius 2 is 1.86 bits per heavy atom. The molecule has 0 atom stereocenters. The SMILES string of the molecule is O=C(CCNc1ccc(F)cc1)c1ccc2c(c1)OCO2. The maximum absolute atomic E-state index is 12.8. The number of halogens is 1. The van der Waals surface area contributed by atoms with E-state index in [1.54, 1.807) is 30.3 Å². The number of rotatable bonds is 5. The molecule has 2 aromatic rings. The van der Waals surface area contributed by atoms with Gasteiger partial charge < -0.3 is 14.8 Å². The zero-order valence-corrected chi connectivity index (χ0v) is 11.3. The number of ether oxygens (including phenoxy) is 2. The van der Waals surface area contributed by atoms with Crippen LogP contribution in [0.25, 0.3) is 0 Å². The van der Waals surface area contributed by atoms with Gasteiger partial charge in [-0.3, -0.25) is 4.79 Å². The number of hydrogen-bond donors (Lipinski definition) is 1. The number of carbonyl (C=O) groups excluding carboxylic acids is 1. The smallest absolute Gasteiger partial charge is 0.231 e. The highest BCUT2D eigenvalue weighted by Crippen LogP contribution is 2.32. The van der Waals surface area contributed by atoms with E-state index < -0.39 is 0 Å². The van der Waals surface area contributed by atoms with Gasteiger partial charge in [-0.1, -0.05) is 0 Å². The summed E-state index contributed by atoms with van der Waals surface area (Å²) in [5.41, 5.74) is 1.38. The molecule has 4 nitrogen and oxygen atoms in total. The van der Waals surface area contributed by atoms with Crippen molar-refractivity contribution < 1.29 is 18.7 Å². The zero-order chi connectivity index (χ0) is 14.7. The van der Waals surface area contributed by atoms with Gasteiger partial charge in [-0.25, -0.2) is 4.39 Å². The molecule has 0 aliphatic carbocycles. The van der Waals surface area contributed by atoms with Crippen LogP contribution in [0, 0.1) is 5.82 Å². The molecule has 0 aromatic heterocycles. The first-order valence-corrected chi connectivity index (χ1v) is 6.65. The highest BCUT2D eigenvalue weighted by Gasteiger charge is 2.15. The minimum atomic E-state index is -0.281. The van der Waals surface area contributed by atoms with Gasteiger partial charge in [0.15, 0.2) is 17.3 Å². The van der Waals surface area contributed by atoms with Crippen LogP contribution in [0.1, 0.15) is 16.8 Å². The molecule has 21 heavy (non-hydrogen) atoms. The van der Waals surface area contributed by atoms with Crippen LogP contribution in [0.3, 0.4) is 0 Å². The topological polar surface area (TPSA) is 47.6 Å². The number of anilines is 1. The van der Waals surface area contributed by atoms with Crippen LogP contribution in [0.15, 0.2) is 42.5 Å². The van der Waals surface area contributed by atoms with Gasteiger partial charge in [0, 0.05) is 24.2 Å². The van der Waals surface area contributed by atoms with Crippen LogP contribution in [0.2, 0.25) is 0 Å². The number of nitrogens with one attached hydrogen (secondary N) is 1. The molecule has 1 N–H and O–H groups in total. The minimum Gasteiger partial charge on any atom is -0.454 e. The largest absolute Gasteiger partial charge is 0.454 e. The lowest BCUT2D eigenvalue weighted by molar-refractivity contribution is 0.0986. The van der Waals surface area contributed by atoms with Gasteiger partial charge in [0.1, 0.15) is 5.82 Å². The summed E-state index contributed by atoms with van der Waals surface area (Å²) in [5.74, 6) is 1.00. The molecule has 1 aliphatic heterocycles. The van der Waals surface area contributed by atoms with Crippen LogP contribution in [0.5, 0.6) is 11.5 Å². The molecule has 0 saturated carbocycles. The van der Waals surface area contributed by atoms with Crippen LogP contribution in [-0.2, 0) is 0 Å². The third-order valence-corrected chi connectivity index (χ3v) is 3.22. The summed E-state index contributed by atoms with van der Waals surface area (Å²) < 4.78 is 23.2. The first-order valence-electron chi connectivity index (χ1n) is 6.65. The van der Waals surface area contributed by atoms with Crippen LogP contribution >= 0.6 is 0 Å². The van der Waals surface area contributed by atoms with Crippen molar-refractivity contribution in [3.8, 4) is 11.5 Å².